The van der Waals surface area contributed by atoms with E-state index in [-0.39, 0.29) is 5.91 Å². The Morgan fingerprint density at radius 1 is 1.10 bits per heavy atom. The van der Waals surface area contributed by atoms with Crippen molar-refractivity contribution in [1.82, 2.24) is 4.98 Å². The average Bonchev–Trinajstić information content (AvgIpc) is 2.77. The number of aromatic nitrogens is 1. The van der Waals surface area contributed by atoms with Gasteiger partial charge in [-0.25, -0.2) is 4.79 Å². The highest BCUT2D eigenvalue weighted by molar-refractivity contribution is 9.11. The molecule has 160 valence electrons. The lowest BCUT2D eigenvalue weighted by atomic mass is 10.1. The molecule has 8 heteroatoms. The monoisotopic (exact) mass is 546 g/mol. The van der Waals surface area contributed by atoms with Crippen molar-refractivity contribution in [2.24, 2.45) is 0 Å². The van der Waals surface area contributed by atoms with E-state index in [1.807, 2.05) is 18.2 Å². The highest BCUT2D eigenvalue weighted by Gasteiger charge is 2.24. The van der Waals surface area contributed by atoms with E-state index in [0.717, 1.165) is 10.0 Å². The molecule has 0 aliphatic rings. The number of carbonyl (C=O) groups is 2. The van der Waals surface area contributed by atoms with Crippen molar-refractivity contribution in [1.29, 1.82) is 0 Å². The van der Waals surface area contributed by atoms with Crippen LogP contribution in [0.2, 0.25) is 0 Å². The maximum Gasteiger partial charge on any atom is 0.338 e. The standard InChI is InChI=1S/C23H20Br2N2O4/c1-3-31-23(29)16-6-8-18(9-7-16)27(14-15-5-4-10-26-13-15)22(28)19-11-17(24)12-20(25)21(19)30-2/h4-13H,3,14H2,1-2H3. The fourth-order valence-corrected chi connectivity index (χ4v) is 4.41. The van der Waals surface area contributed by atoms with E-state index in [2.05, 4.69) is 36.8 Å². The number of anilines is 1. The Balaban J connectivity index is 2.03. The van der Waals surface area contributed by atoms with Crippen molar-refractivity contribution < 1.29 is 19.1 Å². The van der Waals surface area contributed by atoms with Crippen molar-refractivity contribution in [3.8, 4) is 5.75 Å². The summed E-state index contributed by atoms with van der Waals surface area (Å²) < 4.78 is 11.9. The molecular weight excluding hydrogens is 528 g/mol. The molecular formula is C23H20Br2N2O4. The Bertz CT molecular complexity index is 1070. The second-order valence-corrected chi connectivity index (χ2v) is 8.26. The zero-order valence-electron chi connectivity index (χ0n) is 17.0. The van der Waals surface area contributed by atoms with E-state index in [1.165, 1.54) is 7.11 Å². The molecule has 0 spiro atoms. The fraction of sp³-hybridized carbons (Fsp3) is 0.174. The largest absolute Gasteiger partial charge is 0.495 e. The first-order chi connectivity index (χ1) is 14.9. The predicted octanol–water partition coefficient (Wildman–Crippen LogP) is 5.64. The molecule has 0 aliphatic carbocycles. The number of halogens is 2. The van der Waals surface area contributed by atoms with Gasteiger partial charge in [0.2, 0.25) is 0 Å². The van der Waals surface area contributed by atoms with Gasteiger partial charge in [0.05, 0.1) is 35.9 Å². The Morgan fingerprint density at radius 3 is 2.45 bits per heavy atom. The lowest BCUT2D eigenvalue weighted by molar-refractivity contribution is 0.0526. The highest BCUT2D eigenvalue weighted by atomic mass is 79.9. The van der Waals surface area contributed by atoms with E-state index in [0.29, 0.717) is 40.2 Å². The van der Waals surface area contributed by atoms with Crippen LogP contribution in [-0.4, -0.2) is 30.6 Å². The molecule has 0 atom stereocenters. The summed E-state index contributed by atoms with van der Waals surface area (Å²) in [6.45, 7) is 2.34. The Kier molecular flexibility index (Phi) is 7.81. The number of carbonyl (C=O) groups excluding carboxylic acids is 2. The molecule has 1 heterocycles. The molecule has 3 rings (SSSR count). The van der Waals surface area contributed by atoms with Crippen molar-refractivity contribution in [3.05, 3.63) is 86.6 Å². The maximum atomic E-state index is 13.6. The zero-order chi connectivity index (χ0) is 22.4. The van der Waals surface area contributed by atoms with Gasteiger partial charge in [0, 0.05) is 22.6 Å². The minimum absolute atomic E-state index is 0.258. The highest BCUT2D eigenvalue weighted by Crippen LogP contribution is 2.34. The first-order valence-electron chi connectivity index (χ1n) is 9.45. The maximum absolute atomic E-state index is 13.6. The van der Waals surface area contributed by atoms with Crippen molar-refractivity contribution in [3.63, 3.8) is 0 Å². The molecule has 0 fully saturated rings. The second-order valence-electron chi connectivity index (χ2n) is 6.49. The minimum atomic E-state index is -0.406. The number of benzene rings is 2. The quantitative estimate of drug-likeness (QED) is 0.358. The number of amides is 1. The van der Waals surface area contributed by atoms with E-state index in [1.54, 1.807) is 54.5 Å². The van der Waals surface area contributed by atoms with Gasteiger partial charge in [0.25, 0.3) is 5.91 Å². The summed E-state index contributed by atoms with van der Waals surface area (Å²) in [5.41, 5.74) is 2.29. The molecule has 0 aliphatic heterocycles. The van der Waals surface area contributed by atoms with Gasteiger partial charge in [-0.15, -0.1) is 0 Å². The van der Waals surface area contributed by atoms with E-state index < -0.39 is 5.97 Å². The zero-order valence-corrected chi connectivity index (χ0v) is 20.1. The van der Waals surface area contributed by atoms with E-state index in [4.69, 9.17) is 9.47 Å². The number of rotatable bonds is 7. The van der Waals surface area contributed by atoms with Crippen LogP contribution >= 0.6 is 31.9 Å². The third kappa shape index (κ3) is 5.51. The number of hydrogen-bond acceptors (Lipinski definition) is 5. The van der Waals surface area contributed by atoms with Gasteiger partial charge >= 0.3 is 5.97 Å². The molecule has 0 saturated heterocycles. The van der Waals surface area contributed by atoms with Crippen LogP contribution in [0.3, 0.4) is 0 Å². The Morgan fingerprint density at radius 2 is 1.84 bits per heavy atom. The summed E-state index contributed by atoms with van der Waals surface area (Å²) in [5.74, 6) is -0.226. The topological polar surface area (TPSA) is 68.7 Å². The normalized spacial score (nSPS) is 10.5. The lowest BCUT2D eigenvalue weighted by Crippen LogP contribution is -2.31. The van der Waals surface area contributed by atoms with Gasteiger partial charge < -0.3 is 14.4 Å². The first-order valence-corrected chi connectivity index (χ1v) is 11.0. The number of nitrogens with zero attached hydrogens (tertiary/aromatic N) is 2. The summed E-state index contributed by atoms with van der Waals surface area (Å²) in [6, 6.07) is 14.0. The van der Waals surface area contributed by atoms with Crippen LogP contribution in [-0.2, 0) is 11.3 Å². The van der Waals surface area contributed by atoms with Crippen LogP contribution in [0.1, 0.15) is 33.2 Å². The van der Waals surface area contributed by atoms with E-state index >= 15 is 0 Å². The van der Waals surface area contributed by atoms with Gasteiger partial charge in [0.15, 0.2) is 0 Å². The van der Waals surface area contributed by atoms with Crippen molar-refractivity contribution >= 4 is 49.4 Å². The van der Waals surface area contributed by atoms with Crippen LogP contribution in [0, 0.1) is 0 Å². The van der Waals surface area contributed by atoms with Gasteiger partial charge in [-0.05, 0) is 70.9 Å². The molecule has 0 unspecified atom stereocenters. The predicted molar refractivity (Wildman–Crippen MR) is 126 cm³/mol. The van der Waals surface area contributed by atoms with Crippen LogP contribution < -0.4 is 9.64 Å². The van der Waals surface area contributed by atoms with Crippen LogP contribution in [0.15, 0.2) is 69.9 Å². The Hall–Kier alpha value is -2.71. The third-order valence-electron chi connectivity index (χ3n) is 4.44. The third-order valence-corrected chi connectivity index (χ3v) is 5.49. The van der Waals surface area contributed by atoms with Crippen LogP contribution in [0.5, 0.6) is 5.75 Å². The average molecular weight is 548 g/mol. The van der Waals surface area contributed by atoms with Crippen LogP contribution in [0.4, 0.5) is 5.69 Å². The Labute approximate surface area is 197 Å². The van der Waals surface area contributed by atoms with Crippen molar-refractivity contribution in [2.75, 3.05) is 18.6 Å². The number of hydrogen-bond donors (Lipinski definition) is 0. The lowest BCUT2D eigenvalue weighted by Gasteiger charge is -2.24. The van der Waals surface area contributed by atoms with E-state index in [9.17, 15) is 9.59 Å². The molecule has 2 aromatic carbocycles. The second kappa shape index (κ2) is 10.5. The number of pyridine rings is 1. The summed E-state index contributed by atoms with van der Waals surface area (Å²) in [6.07, 6.45) is 3.39. The van der Waals surface area contributed by atoms with Gasteiger partial charge in [-0.1, -0.05) is 22.0 Å². The molecule has 1 amide bonds. The molecule has 3 aromatic rings. The smallest absolute Gasteiger partial charge is 0.338 e. The first kappa shape index (κ1) is 23.0. The molecule has 0 N–H and O–H groups in total. The van der Waals surface area contributed by atoms with Gasteiger partial charge in [-0.3, -0.25) is 9.78 Å². The van der Waals surface area contributed by atoms with Crippen LogP contribution in [0.25, 0.3) is 0 Å². The van der Waals surface area contributed by atoms with Gasteiger partial charge in [-0.2, -0.15) is 0 Å². The number of esters is 1. The molecule has 0 saturated carbocycles. The summed E-state index contributed by atoms with van der Waals surface area (Å²) in [5, 5.41) is 0. The summed E-state index contributed by atoms with van der Waals surface area (Å²) >= 11 is 6.89. The van der Waals surface area contributed by atoms with Gasteiger partial charge in [0.1, 0.15) is 5.75 Å². The molecule has 1 aromatic heterocycles. The molecule has 0 bridgehead atoms. The molecule has 31 heavy (non-hydrogen) atoms. The minimum Gasteiger partial charge on any atom is -0.495 e. The van der Waals surface area contributed by atoms with Crippen molar-refractivity contribution in [2.45, 2.75) is 13.5 Å². The molecule has 6 nitrogen and oxygen atoms in total. The molecule has 0 radical (unpaired) electrons. The number of methoxy groups -OCH3 is 1. The number of ether oxygens (including phenoxy) is 2. The summed E-state index contributed by atoms with van der Waals surface area (Å²) in [4.78, 5) is 31.4. The SMILES string of the molecule is CCOC(=O)c1ccc(N(Cc2cccnc2)C(=O)c2cc(Br)cc(Br)c2OC)cc1. The fourth-order valence-electron chi connectivity index (χ4n) is 3.02. The summed E-state index contributed by atoms with van der Waals surface area (Å²) in [7, 11) is 1.52.